The van der Waals surface area contributed by atoms with E-state index in [1.54, 1.807) is 0 Å². The van der Waals surface area contributed by atoms with Crippen molar-refractivity contribution in [2.75, 3.05) is 33.0 Å². The fourth-order valence-corrected chi connectivity index (χ4v) is 12.7. The van der Waals surface area contributed by atoms with Crippen molar-refractivity contribution < 1.29 is 47.7 Å². The molecule has 0 aliphatic carbocycles. The summed E-state index contributed by atoms with van der Waals surface area (Å²) >= 11 is 52.9. The van der Waals surface area contributed by atoms with E-state index >= 15 is 0 Å². The smallest absolute Gasteiger partial charge is 0.341 e. The van der Waals surface area contributed by atoms with E-state index in [2.05, 4.69) is 64.6 Å². The minimum Gasteiger partial charge on any atom is -0.463 e. The van der Waals surface area contributed by atoms with Crippen LogP contribution in [0.25, 0.3) is 0 Å². The van der Waals surface area contributed by atoms with Gasteiger partial charge >= 0.3 is 35.8 Å². The Labute approximate surface area is 425 Å². The third-order valence-corrected chi connectivity index (χ3v) is 25.5. The molecule has 24 heteroatoms. The summed E-state index contributed by atoms with van der Waals surface area (Å²) < 4.78 is 23.9. The third-order valence-electron chi connectivity index (χ3n) is 7.58. The Kier molecular flexibility index (Phi) is 49.0. The monoisotopic (exact) mass is 1150 g/mol. The molecule has 0 radical (unpaired) electrons. The molecule has 0 saturated heterocycles. The molecular formula is C39H69Cl9O10Si5. The van der Waals surface area contributed by atoms with Gasteiger partial charge in [0.1, 0.15) is 0 Å². The maximum absolute atomic E-state index is 10.7. The zero-order valence-corrected chi connectivity index (χ0v) is 49.4. The zero-order chi connectivity index (χ0) is 50.2. The Morgan fingerprint density at radius 2 is 0.683 bits per heavy atom. The van der Waals surface area contributed by atoms with E-state index in [9.17, 15) is 24.0 Å². The van der Waals surface area contributed by atoms with Crippen LogP contribution in [0.4, 0.5) is 0 Å². The maximum atomic E-state index is 10.7. The molecule has 0 saturated carbocycles. The van der Waals surface area contributed by atoms with Crippen LogP contribution < -0.4 is 0 Å². The number of carbonyl (C=O) groups is 5. The van der Waals surface area contributed by atoms with Crippen molar-refractivity contribution in [1.29, 1.82) is 0 Å². The fourth-order valence-electron chi connectivity index (χ4n) is 3.81. The topological polar surface area (TPSA) is 132 Å². The molecule has 0 heterocycles. The lowest BCUT2D eigenvalue weighted by atomic mass is 10.5. The van der Waals surface area contributed by atoms with Crippen LogP contribution in [0.15, 0.2) is 63.3 Å². The summed E-state index contributed by atoms with van der Waals surface area (Å²) in [7, 11) is -3.01. The Balaban J connectivity index is -0.000000223. The summed E-state index contributed by atoms with van der Waals surface area (Å²) in [6, 6.07) is 4.44. The van der Waals surface area contributed by atoms with Crippen LogP contribution in [0.5, 0.6) is 0 Å². The van der Waals surface area contributed by atoms with Crippen molar-refractivity contribution in [2.24, 2.45) is 0 Å². The Hall–Kier alpha value is -0.256. The molecule has 0 atom stereocenters. The SMILES string of the molecule is C=CC(=O)OCCC[Si](C)(C)Cl.C=CC(=O)OCCC[Si](C)(Cl)Cl.C=CC(=O)OCCC[Si](Cl)(CC)CC.C=CC(=O)OCCC[Si](Cl)(Cl)CC.C=CC(=O)OCCC[Si](Cl)(Cl)Cl. The Bertz CT molecular complexity index is 1230. The summed E-state index contributed by atoms with van der Waals surface area (Å²) in [5, 5.41) is 0. The molecule has 0 bridgehead atoms. The minimum absolute atomic E-state index is 0.283. The van der Waals surface area contributed by atoms with Crippen molar-refractivity contribution >= 4 is 164 Å². The van der Waals surface area contributed by atoms with Gasteiger partial charge in [0, 0.05) is 30.4 Å². The summed E-state index contributed by atoms with van der Waals surface area (Å²) in [4.78, 5) is 52.9. The van der Waals surface area contributed by atoms with E-state index in [4.69, 9.17) is 119 Å². The molecule has 0 amide bonds. The summed E-state index contributed by atoms with van der Waals surface area (Å²) in [5.41, 5.74) is 0. The summed E-state index contributed by atoms with van der Waals surface area (Å²) in [5.74, 6) is -1.94. The van der Waals surface area contributed by atoms with Gasteiger partial charge in [0.25, 0.3) is 6.69 Å². The van der Waals surface area contributed by atoms with Gasteiger partial charge in [0.15, 0.2) is 14.8 Å². The van der Waals surface area contributed by atoms with Crippen LogP contribution in [0.3, 0.4) is 0 Å². The van der Waals surface area contributed by atoms with Gasteiger partial charge in [-0.25, -0.2) is 24.0 Å². The number of ether oxygens (including phenoxy) is 5. The molecule has 0 aromatic rings. The lowest BCUT2D eigenvalue weighted by Gasteiger charge is -2.20. The van der Waals surface area contributed by atoms with Crippen molar-refractivity contribution in [3.05, 3.63) is 63.3 Å². The van der Waals surface area contributed by atoms with Crippen LogP contribution in [-0.4, -0.2) is 97.0 Å². The number of rotatable bonds is 28. The average Bonchev–Trinajstić information content (AvgIpc) is 3.22. The van der Waals surface area contributed by atoms with Gasteiger partial charge in [0.2, 0.25) is 6.69 Å². The van der Waals surface area contributed by atoms with Gasteiger partial charge in [0.05, 0.1) is 33.0 Å². The highest BCUT2D eigenvalue weighted by atomic mass is 35.8. The van der Waals surface area contributed by atoms with Gasteiger partial charge in [-0.05, 0) is 87.0 Å². The van der Waals surface area contributed by atoms with Gasteiger partial charge in [-0.2, -0.15) is 22.2 Å². The van der Waals surface area contributed by atoms with E-state index in [1.165, 1.54) is 12.2 Å². The quantitative estimate of drug-likeness (QED) is 0.0186. The molecule has 63 heavy (non-hydrogen) atoms. The normalized spacial score (nSPS) is 11.0. The summed E-state index contributed by atoms with van der Waals surface area (Å²) in [6.45, 7) is 26.6. The molecule has 368 valence electrons. The number of halogens is 9. The van der Waals surface area contributed by atoms with Crippen molar-refractivity contribution in [1.82, 2.24) is 0 Å². The Morgan fingerprint density at radius 1 is 0.413 bits per heavy atom. The molecule has 0 aliphatic rings. The van der Waals surface area contributed by atoms with Crippen LogP contribution >= 0.6 is 99.7 Å². The highest BCUT2D eigenvalue weighted by molar-refractivity contribution is 7.64. The third kappa shape index (κ3) is 63.9. The van der Waals surface area contributed by atoms with Crippen LogP contribution in [0.2, 0.25) is 68.0 Å². The minimum atomic E-state index is -2.54. The molecule has 0 unspecified atom stereocenters. The Morgan fingerprint density at radius 3 is 0.921 bits per heavy atom. The fraction of sp³-hybridized carbons (Fsp3) is 0.615. The molecule has 0 aromatic heterocycles. The van der Waals surface area contributed by atoms with E-state index in [1.807, 2.05) is 13.5 Å². The van der Waals surface area contributed by atoms with Crippen molar-refractivity contribution in [3.63, 3.8) is 0 Å². The summed E-state index contributed by atoms with van der Waals surface area (Å²) in [6.07, 6.45) is 9.49. The van der Waals surface area contributed by atoms with Crippen LogP contribution in [0, 0.1) is 0 Å². The van der Waals surface area contributed by atoms with Gasteiger partial charge in [-0.3, -0.25) is 0 Å². The second-order valence-corrected chi connectivity index (χ2v) is 52.8. The first-order chi connectivity index (χ1) is 29.0. The predicted molar refractivity (Wildman–Crippen MR) is 283 cm³/mol. The second-order valence-electron chi connectivity index (χ2n) is 13.8. The van der Waals surface area contributed by atoms with Crippen LogP contribution in [-0.2, 0) is 47.7 Å². The van der Waals surface area contributed by atoms with Gasteiger partial charge in [-0.1, -0.05) is 66.8 Å². The highest BCUT2D eigenvalue weighted by Gasteiger charge is 2.26. The van der Waals surface area contributed by atoms with Gasteiger partial charge in [-0.15, -0.1) is 77.6 Å². The largest absolute Gasteiger partial charge is 0.463 e. The molecule has 0 N–H and O–H groups in total. The average molecular weight is 1160 g/mol. The zero-order valence-electron chi connectivity index (χ0n) is 37.6. The second kappa shape index (κ2) is 43.1. The number of hydrogen-bond acceptors (Lipinski definition) is 10. The lowest BCUT2D eigenvalue weighted by Crippen LogP contribution is -2.24. The number of carbonyl (C=O) groups excluding carboxylic acids is 5. The van der Waals surface area contributed by atoms with E-state index in [0.717, 1.165) is 86.2 Å². The predicted octanol–water partition coefficient (Wildman–Crippen LogP) is 14.3. The first-order valence-electron chi connectivity index (χ1n) is 20.1. The number of esters is 5. The first-order valence-corrected chi connectivity index (χ1v) is 42.4. The van der Waals surface area contributed by atoms with E-state index in [0.29, 0.717) is 38.9 Å². The molecular weight excluding hydrogens is 1090 g/mol. The molecule has 0 rings (SSSR count). The van der Waals surface area contributed by atoms with E-state index < -0.39 is 52.1 Å². The maximum Gasteiger partial charge on any atom is 0.341 e. The van der Waals surface area contributed by atoms with Crippen LogP contribution in [0.1, 0.15) is 52.9 Å². The first kappa shape index (κ1) is 71.7. The molecule has 0 aliphatic heterocycles. The standard InChI is InChI=1S/C10H19ClO2Si.C8H14Cl2O2Si.C8H15ClO2Si.C7H12Cl2O2Si.C6H9Cl3O2Si/c1-4-10(12)13-8-7-9-14(11,5-2)6-3;1-3-8(11)12-6-5-7-13(9,10)4-2;1-4-8(10)11-6-5-7-12(2,3)9;1-3-7(10)11-5-4-6-12(2,8)9;1-2-6(10)11-4-3-5-12(7,8)9/h4H,1,5-9H2,2-3H3;3H,1,4-7H2,2H3;4H,1,5-7H2,2-3H3;3H,1,4-6H2,2H3;2H,1,3-5H2. The van der Waals surface area contributed by atoms with Crippen molar-refractivity contribution in [2.45, 2.75) is 121 Å². The molecule has 10 nitrogen and oxygen atoms in total. The highest BCUT2D eigenvalue weighted by Crippen LogP contribution is 2.28. The molecule has 0 fully saturated rings. The lowest BCUT2D eigenvalue weighted by molar-refractivity contribution is -0.138. The van der Waals surface area contributed by atoms with Crippen molar-refractivity contribution in [3.8, 4) is 0 Å². The van der Waals surface area contributed by atoms with Gasteiger partial charge < -0.3 is 23.7 Å². The molecule has 0 spiro atoms. The number of hydrogen-bond donors (Lipinski definition) is 0. The van der Waals surface area contributed by atoms with E-state index in [-0.39, 0.29) is 18.5 Å². The molecule has 0 aromatic carbocycles.